The Balaban J connectivity index is 2.62. The first-order valence-electron chi connectivity index (χ1n) is 10.6. The van der Waals surface area contributed by atoms with Gasteiger partial charge in [0.1, 0.15) is 0 Å². The van der Waals surface area contributed by atoms with Crippen molar-refractivity contribution in [2.24, 2.45) is 5.73 Å². The molecule has 1 aromatic carbocycles. The van der Waals surface area contributed by atoms with E-state index in [9.17, 15) is 10.2 Å². The van der Waals surface area contributed by atoms with Gasteiger partial charge in [-0.3, -0.25) is 4.90 Å². The van der Waals surface area contributed by atoms with Crippen LogP contribution in [0.2, 0.25) is 0 Å². The molecule has 0 heterocycles. The monoisotopic (exact) mass is 396 g/mol. The van der Waals surface area contributed by atoms with E-state index in [4.69, 9.17) is 15.2 Å². The third-order valence-electron chi connectivity index (χ3n) is 4.58. The molecule has 2 atom stereocenters. The van der Waals surface area contributed by atoms with Crippen molar-refractivity contribution >= 4 is 0 Å². The normalized spacial score (nSPS) is 13.8. The van der Waals surface area contributed by atoms with Gasteiger partial charge in [-0.15, -0.1) is 0 Å². The van der Waals surface area contributed by atoms with Gasteiger partial charge in [0, 0.05) is 39.4 Å². The van der Waals surface area contributed by atoms with E-state index in [0.29, 0.717) is 52.6 Å². The molecule has 2 unspecified atom stereocenters. The van der Waals surface area contributed by atoms with Crippen molar-refractivity contribution in [2.75, 3.05) is 39.5 Å². The molecule has 0 spiro atoms. The molecule has 6 nitrogen and oxygen atoms in total. The van der Waals surface area contributed by atoms with Gasteiger partial charge in [-0.25, -0.2) is 0 Å². The number of unbranched alkanes of at least 4 members (excludes halogenated alkanes) is 2. The maximum atomic E-state index is 10.4. The van der Waals surface area contributed by atoms with Crippen LogP contribution >= 0.6 is 0 Å². The average molecular weight is 397 g/mol. The van der Waals surface area contributed by atoms with Crippen LogP contribution in [-0.4, -0.2) is 66.8 Å². The zero-order chi connectivity index (χ0) is 20.6. The van der Waals surface area contributed by atoms with Crippen LogP contribution < -0.4 is 5.73 Å². The van der Waals surface area contributed by atoms with Crippen molar-refractivity contribution in [1.82, 2.24) is 4.90 Å². The number of aliphatic hydroxyl groups is 2. The number of hydrogen-bond acceptors (Lipinski definition) is 6. The summed E-state index contributed by atoms with van der Waals surface area (Å²) in [5.41, 5.74) is 8.05. The molecule has 28 heavy (non-hydrogen) atoms. The van der Waals surface area contributed by atoms with E-state index in [0.717, 1.165) is 36.8 Å². The Morgan fingerprint density at radius 3 is 1.86 bits per heavy atom. The van der Waals surface area contributed by atoms with Crippen LogP contribution in [0.25, 0.3) is 0 Å². The summed E-state index contributed by atoms with van der Waals surface area (Å²) in [7, 11) is 0. The van der Waals surface area contributed by atoms with E-state index in [2.05, 4.69) is 18.7 Å². The molecule has 162 valence electrons. The summed E-state index contributed by atoms with van der Waals surface area (Å²) in [6.07, 6.45) is 2.93. The van der Waals surface area contributed by atoms with Gasteiger partial charge < -0.3 is 25.4 Å². The lowest BCUT2D eigenvalue weighted by atomic mass is 10.1. The van der Waals surface area contributed by atoms with E-state index in [1.54, 1.807) is 0 Å². The molecule has 0 saturated heterocycles. The molecule has 0 saturated carbocycles. The van der Waals surface area contributed by atoms with Crippen molar-refractivity contribution in [3.8, 4) is 0 Å². The fraction of sp³-hybridized carbons (Fsp3) is 0.727. The predicted molar refractivity (Wildman–Crippen MR) is 113 cm³/mol. The fourth-order valence-electron chi connectivity index (χ4n) is 2.99. The molecule has 0 aliphatic carbocycles. The number of benzene rings is 1. The number of rotatable bonds is 17. The predicted octanol–water partition coefficient (Wildman–Crippen LogP) is 2.30. The average Bonchev–Trinajstić information content (AvgIpc) is 2.69. The highest BCUT2D eigenvalue weighted by atomic mass is 16.5. The summed E-state index contributed by atoms with van der Waals surface area (Å²) in [5.74, 6) is 0. The molecular weight excluding hydrogens is 356 g/mol. The van der Waals surface area contributed by atoms with Gasteiger partial charge >= 0.3 is 0 Å². The summed E-state index contributed by atoms with van der Waals surface area (Å²) in [5, 5.41) is 20.8. The fourth-order valence-corrected chi connectivity index (χ4v) is 2.99. The lowest BCUT2D eigenvalue weighted by molar-refractivity contribution is -0.0128. The maximum Gasteiger partial charge on any atom is 0.0900 e. The molecule has 6 heteroatoms. The summed E-state index contributed by atoms with van der Waals surface area (Å²) >= 11 is 0. The first-order chi connectivity index (χ1) is 13.6. The number of nitrogens with two attached hydrogens (primary N) is 1. The van der Waals surface area contributed by atoms with Gasteiger partial charge in [-0.1, -0.05) is 51.0 Å². The second-order valence-electron chi connectivity index (χ2n) is 7.33. The molecule has 0 aliphatic rings. The SMILES string of the molecule is CCCCOCC(O)CN(Cc1ccccc1CN)CC(O)COCCCC. The van der Waals surface area contributed by atoms with Gasteiger partial charge in [-0.2, -0.15) is 0 Å². The molecule has 1 rings (SSSR count). The van der Waals surface area contributed by atoms with Crippen LogP contribution in [0, 0.1) is 0 Å². The topological polar surface area (TPSA) is 88.2 Å². The number of hydrogen-bond donors (Lipinski definition) is 3. The molecule has 0 radical (unpaired) electrons. The van der Waals surface area contributed by atoms with Crippen molar-refractivity contribution < 1.29 is 19.7 Å². The van der Waals surface area contributed by atoms with Gasteiger partial charge in [0.05, 0.1) is 25.4 Å². The Labute approximate surface area is 170 Å². The zero-order valence-corrected chi connectivity index (χ0v) is 17.7. The highest BCUT2D eigenvalue weighted by Gasteiger charge is 2.17. The third kappa shape index (κ3) is 11.1. The van der Waals surface area contributed by atoms with Crippen molar-refractivity contribution in [1.29, 1.82) is 0 Å². The standard InChI is InChI=1S/C22H40N2O4/c1-3-5-11-27-17-21(25)15-24(16-22(26)18-28-12-6-4-2)14-20-10-8-7-9-19(20)13-23/h7-10,21-22,25-26H,3-6,11-18,23H2,1-2H3. The molecule has 0 bridgehead atoms. The van der Waals surface area contributed by atoms with Crippen LogP contribution in [0.15, 0.2) is 24.3 Å². The van der Waals surface area contributed by atoms with Gasteiger partial charge in [-0.05, 0) is 24.0 Å². The first-order valence-corrected chi connectivity index (χ1v) is 10.6. The van der Waals surface area contributed by atoms with Gasteiger partial charge in [0.2, 0.25) is 0 Å². The highest BCUT2D eigenvalue weighted by Crippen LogP contribution is 2.12. The number of ether oxygens (including phenoxy) is 2. The first kappa shape index (κ1) is 25.0. The van der Waals surface area contributed by atoms with Crippen molar-refractivity contribution in [3.63, 3.8) is 0 Å². The number of aliphatic hydroxyl groups excluding tert-OH is 2. The van der Waals surface area contributed by atoms with Crippen molar-refractivity contribution in [2.45, 2.75) is 64.8 Å². The quantitative estimate of drug-likeness (QED) is 0.350. The van der Waals surface area contributed by atoms with Gasteiger partial charge in [0.15, 0.2) is 0 Å². The van der Waals surface area contributed by atoms with Crippen LogP contribution in [0.4, 0.5) is 0 Å². The Hall–Kier alpha value is -1.02. The molecule has 1 aromatic rings. The Bertz CT molecular complexity index is 481. The minimum Gasteiger partial charge on any atom is -0.389 e. The second-order valence-corrected chi connectivity index (χ2v) is 7.33. The summed E-state index contributed by atoms with van der Waals surface area (Å²) in [6.45, 7) is 8.10. The smallest absolute Gasteiger partial charge is 0.0900 e. The highest BCUT2D eigenvalue weighted by molar-refractivity contribution is 5.26. The molecule has 0 amide bonds. The largest absolute Gasteiger partial charge is 0.389 e. The minimum absolute atomic E-state index is 0.304. The lowest BCUT2D eigenvalue weighted by Gasteiger charge is -2.28. The third-order valence-corrected chi connectivity index (χ3v) is 4.58. The summed E-state index contributed by atoms with van der Waals surface area (Å²) < 4.78 is 11.1. The molecular formula is C22H40N2O4. The Kier molecular flexibility index (Phi) is 14.2. The summed E-state index contributed by atoms with van der Waals surface area (Å²) in [6, 6.07) is 8.02. The van der Waals surface area contributed by atoms with E-state index >= 15 is 0 Å². The Morgan fingerprint density at radius 2 is 1.39 bits per heavy atom. The van der Waals surface area contributed by atoms with E-state index in [1.807, 2.05) is 24.3 Å². The minimum atomic E-state index is -0.602. The Morgan fingerprint density at radius 1 is 0.893 bits per heavy atom. The lowest BCUT2D eigenvalue weighted by Crippen LogP contribution is -2.40. The molecule has 0 fully saturated rings. The number of nitrogens with zero attached hydrogens (tertiary/aromatic N) is 1. The summed E-state index contributed by atoms with van der Waals surface area (Å²) in [4.78, 5) is 2.05. The zero-order valence-electron chi connectivity index (χ0n) is 17.7. The molecule has 0 aromatic heterocycles. The van der Waals surface area contributed by atoms with Crippen molar-refractivity contribution in [3.05, 3.63) is 35.4 Å². The maximum absolute atomic E-state index is 10.4. The van der Waals surface area contributed by atoms with E-state index in [1.165, 1.54) is 0 Å². The van der Waals surface area contributed by atoms with E-state index < -0.39 is 12.2 Å². The van der Waals surface area contributed by atoms with Crippen LogP contribution in [0.1, 0.15) is 50.7 Å². The van der Waals surface area contributed by atoms with Crippen LogP contribution in [-0.2, 0) is 22.6 Å². The molecule has 0 aliphatic heterocycles. The van der Waals surface area contributed by atoms with Crippen LogP contribution in [0.3, 0.4) is 0 Å². The second kappa shape index (κ2) is 15.9. The van der Waals surface area contributed by atoms with E-state index in [-0.39, 0.29) is 0 Å². The van der Waals surface area contributed by atoms with Crippen LogP contribution in [0.5, 0.6) is 0 Å². The molecule has 4 N–H and O–H groups in total. The van der Waals surface area contributed by atoms with Gasteiger partial charge in [0.25, 0.3) is 0 Å².